The number of carbonyl (C=O) groups excluding carboxylic acids is 1. The lowest BCUT2D eigenvalue weighted by atomic mass is 10.2. The van der Waals surface area contributed by atoms with Crippen LogP contribution in [-0.2, 0) is 17.9 Å². The number of carbonyl (C=O) groups is 1. The molecule has 1 aromatic carbocycles. The first-order chi connectivity index (χ1) is 9.26. The van der Waals surface area contributed by atoms with Crippen LogP contribution in [0.4, 0.5) is 0 Å². The van der Waals surface area contributed by atoms with Gasteiger partial charge < -0.3 is 15.0 Å². The molecule has 2 N–H and O–H groups in total. The first kappa shape index (κ1) is 12.2. The fourth-order valence-electron chi connectivity index (χ4n) is 2.28. The number of amides is 1. The fourth-order valence-corrected chi connectivity index (χ4v) is 2.28. The van der Waals surface area contributed by atoms with Crippen molar-refractivity contribution in [1.29, 1.82) is 0 Å². The van der Waals surface area contributed by atoms with E-state index in [9.17, 15) is 4.79 Å². The average molecular weight is 258 g/mol. The Labute approximate surface area is 112 Å². The van der Waals surface area contributed by atoms with E-state index in [1.54, 1.807) is 0 Å². The number of aliphatic hydroxyl groups excluding tert-OH is 1. The van der Waals surface area contributed by atoms with Crippen molar-refractivity contribution < 1.29 is 9.90 Å². The normalized spacial score (nSPS) is 14.8. The summed E-state index contributed by atoms with van der Waals surface area (Å²) < 4.78 is 1.94. The van der Waals surface area contributed by atoms with Crippen molar-refractivity contribution in [3.05, 3.63) is 36.0 Å². The van der Waals surface area contributed by atoms with Crippen LogP contribution in [0, 0.1) is 5.92 Å². The van der Waals surface area contributed by atoms with Crippen molar-refractivity contribution in [3.63, 3.8) is 0 Å². The van der Waals surface area contributed by atoms with E-state index >= 15 is 0 Å². The molecule has 1 aliphatic rings. The Balaban J connectivity index is 1.71. The third-order valence-electron chi connectivity index (χ3n) is 3.62. The molecule has 0 spiro atoms. The van der Waals surface area contributed by atoms with Gasteiger partial charge in [0.25, 0.3) is 0 Å². The van der Waals surface area contributed by atoms with Gasteiger partial charge in [-0.1, -0.05) is 6.07 Å². The Kier molecular flexibility index (Phi) is 3.25. The minimum atomic E-state index is 0.0446. The van der Waals surface area contributed by atoms with Gasteiger partial charge in [-0.3, -0.25) is 4.79 Å². The molecule has 0 unspecified atom stereocenters. The predicted octanol–water partition coefficient (Wildman–Crippen LogP) is 1.66. The standard InChI is InChI=1S/C15H18N2O2/c18-10-12-3-4-14-13(7-12)5-6-17(14)9-15(19)16-8-11-1-2-11/h3-7,11,18H,1-2,8-10H2,(H,16,19). The number of nitrogens with zero attached hydrogens (tertiary/aromatic N) is 1. The maximum Gasteiger partial charge on any atom is 0.239 e. The van der Waals surface area contributed by atoms with Gasteiger partial charge in [0.05, 0.1) is 6.61 Å². The fraction of sp³-hybridized carbons (Fsp3) is 0.400. The number of aromatic nitrogens is 1. The highest BCUT2D eigenvalue weighted by Gasteiger charge is 2.21. The van der Waals surface area contributed by atoms with Gasteiger partial charge in [-0.2, -0.15) is 0 Å². The van der Waals surface area contributed by atoms with Crippen molar-refractivity contribution in [3.8, 4) is 0 Å². The van der Waals surface area contributed by atoms with E-state index in [2.05, 4.69) is 5.32 Å². The number of hydrogen-bond acceptors (Lipinski definition) is 2. The van der Waals surface area contributed by atoms with Gasteiger partial charge in [0.2, 0.25) is 5.91 Å². The first-order valence-electron chi connectivity index (χ1n) is 6.71. The molecule has 1 amide bonds. The van der Waals surface area contributed by atoms with E-state index in [4.69, 9.17) is 5.11 Å². The lowest BCUT2D eigenvalue weighted by molar-refractivity contribution is -0.121. The number of rotatable bonds is 5. The second-order valence-corrected chi connectivity index (χ2v) is 5.24. The molecule has 100 valence electrons. The number of fused-ring (bicyclic) bond motifs is 1. The van der Waals surface area contributed by atoms with Crippen molar-refractivity contribution in [2.24, 2.45) is 5.92 Å². The van der Waals surface area contributed by atoms with Gasteiger partial charge in [0, 0.05) is 18.3 Å². The molecule has 4 nitrogen and oxygen atoms in total. The molecule has 19 heavy (non-hydrogen) atoms. The van der Waals surface area contributed by atoms with E-state index in [0.29, 0.717) is 12.5 Å². The molecule has 4 heteroatoms. The van der Waals surface area contributed by atoms with Crippen LogP contribution in [0.15, 0.2) is 30.5 Å². The molecular weight excluding hydrogens is 240 g/mol. The lowest BCUT2D eigenvalue weighted by Crippen LogP contribution is -2.29. The van der Waals surface area contributed by atoms with E-state index in [-0.39, 0.29) is 12.5 Å². The summed E-state index contributed by atoms with van der Waals surface area (Å²) in [7, 11) is 0. The van der Waals surface area contributed by atoms with Crippen LogP contribution < -0.4 is 5.32 Å². The SMILES string of the molecule is O=C(Cn1ccc2cc(CO)ccc21)NCC1CC1. The monoisotopic (exact) mass is 258 g/mol. The molecule has 0 bridgehead atoms. The van der Waals surface area contributed by atoms with Crippen LogP contribution in [0.3, 0.4) is 0 Å². The maximum atomic E-state index is 11.8. The van der Waals surface area contributed by atoms with Crippen molar-refractivity contribution >= 4 is 16.8 Å². The second-order valence-electron chi connectivity index (χ2n) is 5.24. The highest BCUT2D eigenvalue weighted by atomic mass is 16.3. The van der Waals surface area contributed by atoms with E-state index < -0.39 is 0 Å². The van der Waals surface area contributed by atoms with Crippen LogP contribution in [0.1, 0.15) is 18.4 Å². The van der Waals surface area contributed by atoms with Gasteiger partial charge in [-0.25, -0.2) is 0 Å². The van der Waals surface area contributed by atoms with Gasteiger partial charge in [0.1, 0.15) is 6.54 Å². The summed E-state index contributed by atoms with van der Waals surface area (Å²) in [6.07, 6.45) is 4.41. The Bertz CT molecular complexity index is 599. The minimum absolute atomic E-state index is 0.0446. The largest absolute Gasteiger partial charge is 0.392 e. The minimum Gasteiger partial charge on any atom is -0.392 e. The third kappa shape index (κ3) is 2.79. The number of nitrogens with one attached hydrogen (secondary N) is 1. The van der Waals surface area contributed by atoms with Crippen LogP contribution in [0.2, 0.25) is 0 Å². The van der Waals surface area contributed by atoms with E-state index in [1.807, 2.05) is 35.0 Å². The third-order valence-corrected chi connectivity index (χ3v) is 3.62. The first-order valence-corrected chi connectivity index (χ1v) is 6.71. The van der Waals surface area contributed by atoms with E-state index in [1.165, 1.54) is 12.8 Å². The topological polar surface area (TPSA) is 54.3 Å². The summed E-state index contributed by atoms with van der Waals surface area (Å²) in [5, 5.41) is 13.1. The highest BCUT2D eigenvalue weighted by molar-refractivity contribution is 5.83. The van der Waals surface area contributed by atoms with Crippen molar-refractivity contribution in [2.75, 3.05) is 6.54 Å². The zero-order valence-corrected chi connectivity index (χ0v) is 10.8. The zero-order chi connectivity index (χ0) is 13.2. The quantitative estimate of drug-likeness (QED) is 0.857. The summed E-state index contributed by atoms with van der Waals surface area (Å²) in [6.45, 7) is 1.21. The van der Waals surface area contributed by atoms with Gasteiger partial charge in [-0.15, -0.1) is 0 Å². The molecule has 1 heterocycles. The van der Waals surface area contributed by atoms with Crippen molar-refractivity contribution in [2.45, 2.75) is 26.0 Å². The van der Waals surface area contributed by atoms with E-state index in [0.717, 1.165) is 23.0 Å². The average Bonchev–Trinajstić information content (AvgIpc) is 3.18. The molecule has 1 saturated carbocycles. The van der Waals surface area contributed by atoms with Gasteiger partial charge in [-0.05, 0) is 47.9 Å². The molecular formula is C15H18N2O2. The van der Waals surface area contributed by atoms with Gasteiger partial charge >= 0.3 is 0 Å². The highest BCUT2D eigenvalue weighted by Crippen LogP contribution is 2.27. The zero-order valence-electron chi connectivity index (χ0n) is 10.8. The van der Waals surface area contributed by atoms with Crippen LogP contribution in [0.25, 0.3) is 10.9 Å². The summed E-state index contributed by atoms with van der Waals surface area (Å²) >= 11 is 0. The maximum absolute atomic E-state index is 11.8. The summed E-state index contributed by atoms with van der Waals surface area (Å²) in [5.41, 5.74) is 1.92. The summed E-state index contributed by atoms with van der Waals surface area (Å²) in [6, 6.07) is 7.77. The second kappa shape index (κ2) is 5.05. The smallest absolute Gasteiger partial charge is 0.239 e. The Morgan fingerprint density at radius 1 is 1.37 bits per heavy atom. The molecule has 3 rings (SSSR count). The Hall–Kier alpha value is -1.81. The van der Waals surface area contributed by atoms with Crippen LogP contribution in [-0.4, -0.2) is 22.1 Å². The molecule has 0 saturated heterocycles. The lowest BCUT2D eigenvalue weighted by Gasteiger charge is -2.07. The summed E-state index contributed by atoms with van der Waals surface area (Å²) in [5.74, 6) is 0.771. The molecule has 0 atom stereocenters. The molecule has 0 radical (unpaired) electrons. The number of aliphatic hydroxyl groups is 1. The molecule has 1 fully saturated rings. The Morgan fingerprint density at radius 2 is 2.21 bits per heavy atom. The molecule has 1 aliphatic carbocycles. The number of benzene rings is 1. The van der Waals surface area contributed by atoms with Crippen LogP contribution in [0.5, 0.6) is 0 Å². The predicted molar refractivity (Wildman–Crippen MR) is 73.6 cm³/mol. The molecule has 0 aliphatic heterocycles. The molecule has 1 aromatic heterocycles. The number of hydrogen-bond donors (Lipinski definition) is 2. The molecule has 2 aromatic rings. The Morgan fingerprint density at radius 3 is 2.95 bits per heavy atom. The van der Waals surface area contributed by atoms with Crippen LogP contribution >= 0.6 is 0 Å². The summed E-state index contributed by atoms with van der Waals surface area (Å²) in [4.78, 5) is 11.8. The van der Waals surface area contributed by atoms with Gasteiger partial charge in [0.15, 0.2) is 0 Å². The van der Waals surface area contributed by atoms with Crippen molar-refractivity contribution in [1.82, 2.24) is 9.88 Å².